The van der Waals surface area contributed by atoms with Gasteiger partial charge in [0.1, 0.15) is 0 Å². The average Bonchev–Trinajstić information content (AvgIpc) is 2.86. The smallest absolute Gasteiger partial charge is 0.407 e. The first-order valence-electron chi connectivity index (χ1n) is 12.2. The summed E-state index contributed by atoms with van der Waals surface area (Å²) in [7, 11) is -0.202. The summed E-state index contributed by atoms with van der Waals surface area (Å²) < 4.78 is 23.6. The molecule has 0 N–H and O–H groups in total. The monoisotopic (exact) mass is 514 g/mol. The van der Waals surface area contributed by atoms with Crippen LogP contribution >= 0.6 is 15.9 Å². The van der Waals surface area contributed by atoms with Crippen molar-refractivity contribution in [2.75, 3.05) is 39.6 Å². The first-order valence-corrected chi connectivity index (χ1v) is 13.0. The van der Waals surface area contributed by atoms with Gasteiger partial charge in [0.15, 0.2) is 0 Å². The van der Waals surface area contributed by atoms with Crippen molar-refractivity contribution in [3.8, 4) is 0 Å². The van der Waals surface area contributed by atoms with E-state index < -0.39 is 0 Å². The molecule has 0 aliphatic carbocycles. The third-order valence-corrected chi connectivity index (χ3v) is 7.24. The van der Waals surface area contributed by atoms with E-state index in [9.17, 15) is 0 Å². The van der Waals surface area contributed by atoms with Crippen LogP contribution in [0.3, 0.4) is 0 Å². The lowest BCUT2D eigenvalue weighted by Gasteiger charge is -2.33. The molecule has 0 amide bonds. The van der Waals surface area contributed by atoms with Crippen molar-refractivity contribution in [1.29, 1.82) is 0 Å². The molecule has 178 valence electrons. The van der Waals surface area contributed by atoms with E-state index in [1.807, 2.05) is 0 Å². The second kappa shape index (κ2) is 12.0. The van der Waals surface area contributed by atoms with Crippen molar-refractivity contribution in [2.24, 2.45) is 5.41 Å². The maximum atomic E-state index is 5.82. The van der Waals surface area contributed by atoms with E-state index in [2.05, 4.69) is 78.3 Å². The first-order chi connectivity index (χ1) is 16.0. The van der Waals surface area contributed by atoms with Gasteiger partial charge in [0.2, 0.25) is 0 Å². The van der Waals surface area contributed by atoms with Gasteiger partial charge in [-0.15, -0.1) is 0 Å². The number of halogens is 1. The average molecular weight is 515 g/mol. The summed E-state index contributed by atoms with van der Waals surface area (Å²) in [6.45, 7) is 9.43. The molecule has 2 aromatic carbocycles. The lowest BCUT2D eigenvalue weighted by Crippen LogP contribution is -2.47. The Bertz CT molecular complexity index is 833. The quantitative estimate of drug-likeness (QED) is 0.493. The summed E-state index contributed by atoms with van der Waals surface area (Å²) in [5.41, 5.74) is 4.11. The zero-order valence-electron chi connectivity index (χ0n) is 19.9. The molecular weight excluding hydrogens is 479 g/mol. The van der Waals surface area contributed by atoms with Crippen LogP contribution in [-0.4, -0.2) is 46.8 Å². The maximum Gasteiger partial charge on any atom is 0.493 e. The molecule has 0 atom stereocenters. The summed E-state index contributed by atoms with van der Waals surface area (Å²) >= 11 is 3.44. The van der Waals surface area contributed by atoms with Gasteiger partial charge in [-0.05, 0) is 66.2 Å². The van der Waals surface area contributed by atoms with Crippen molar-refractivity contribution in [3.63, 3.8) is 0 Å². The molecule has 0 unspecified atom stereocenters. The van der Waals surface area contributed by atoms with Crippen LogP contribution in [0.25, 0.3) is 0 Å². The Balaban J connectivity index is 0.000000172. The molecular formula is C27H36BBrO4. The Morgan fingerprint density at radius 1 is 0.697 bits per heavy atom. The Hall–Kier alpha value is -1.18. The van der Waals surface area contributed by atoms with Crippen LogP contribution in [0, 0.1) is 5.41 Å². The molecule has 3 aliphatic rings. The molecule has 3 fully saturated rings. The third-order valence-electron chi connectivity index (χ3n) is 6.71. The Labute approximate surface area is 207 Å². The molecule has 6 heteroatoms. The van der Waals surface area contributed by atoms with E-state index in [-0.39, 0.29) is 12.5 Å². The lowest BCUT2D eigenvalue weighted by atomic mass is 9.75. The highest BCUT2D eigenvalue weighted by Crippen LogP contribution is 2.28. The Morgan fingerprint density at radius 2 is 1.12 bits per heavy atom. The SMILES string of the molecule is Brc1ccc(C2CCOCC2)cc1.CC1(C)COB(c2ccc(C3CCOCC3)cc2)OC1. The molecule has 0 bridgehead atoms. The van der Waals surface area contributed by atoms with Crippen LogP contribution in [-0.2, 0) is 18.8 Å². The zero-order valence-corrected chi connectivity index (χ0v) is 21.5. The summed E-state index contributed by atoms with van der Waals surface area (Å²) in [4.78, 5) is 0. The number of hydrogen-bond acceptors (Lipinski definition) is 4. The van der Waals surface area contributed by atoms with Crippen LogP contribution in [0.2, 0.25) is 0 Å². The second-order valence-corrected chi connectivity index (χ2v) is 11.0. The van der Waals surface area contributed by atoms with E-state index in [0.29, 0.717) is 11.8 Å². The highest BCUT2D eigenvalue weighted by Gasteiger charge is 2.33. The molecule has 0 spiro atoms. The Kier molecular flexibility index (Phi) is 9.06. The minimum Gasteiger partial charge on any atom is -0.407 e. The first kappa shape index (κ1) is 24.9. The van der Waals surface area contributed by atoms with Crippen molar-refractivity contribution in [2.45, 2.75) is 51.4 Å². The van der Waals surface area contributed by atoms with Gasteiger partial charge in [-0.25, -0.2) is 0 Å². The second-order valence-electron chi connectivity index (χ2n) is 10.1. The fraction of sp³-hybridized carbons (Fsp3) is 0.556. The van der Waals surface area contributed by atoms with Crippen LogP contribution in [0.15, 0.2) is 53.0 Å². The van der Waals surface area contributed by atoms with Crippen LogP contribution in [0.4, 0.5) is 0 Å². The molecule has 33 heavy (non-hydrogen) atoms. The van der Waals surface area contributed by atoms with E-state index in [0.717, 1.165) is 62.4 Å². The van der Waals surface area contributed by atoms with Gasteiger partial charge in [-0.2, -0.15) is 0 Å². The topological polar surface area (TPSA) is 36.9 Å². The van der Waals surface area contributed by atoms with E-state index in [1.54, 1.807) is 0 Å². The molecule has 3 aliphatic heterocycles. The maximum absolute atomic E-state index is 5.82. The van der Waals surface area contributed by atoms with Crippen LogP contribution < -0.4 is 5.46 Å². The van der Waals surface area contributed by atoms with Crippen molar-refractivity contribution in [3.05, 3.63) is 64.1 Å². The third kappa shape index (κ3) is 7.40. The van der Waals surface area contributed by atoms with Crippen LogP contribution in [0.1, 0.15) is 62.5 Å². The highest BCUT2D eigenvalue weighted by molar-refractivity contribution is 9.10. The van der Waals surface area contributed by atoms with Gasteiger partial charge in [0.25, 0.3) is 0 Å². The van der Waals surface area contributed by atoms with Gasteiger partial charge in [0.05, 0.1) is 0 Å². The van der Waals surface area contributed by atoms with Gasteiger partial charge < -0.3 is 18.8 Å². The normalized spacial score (nSPS) is 21.8. The molecule has 0 radical (unpaired) electrons. The number of hydrogen-bond donors (Lipinski definition) is 0. The largest absolute Gasteiger partial charge is 0.493 e. The minimum atomic E-state index is -0.202. The molecule has 3 heterocycles. The predicted molar refractivity (Wildman–Crippen MR) is 137 cm³/mol. The molecule has 0 aromatic heterocycles. The van der Waals surface area contributed by atoms with E-state index in [1.165, 1.54) is 24.0 Å². The standard InChI is InChI=1S/C16H23BO3.C11H13BrO/c1-16(2)11-19-17(20-12-16)15-5-3-13(4-6-15)14-7-9-18-10-8-14;12-11-3-1-9(2-4-11)10-5-7-13-8-6-10/h3-6,14H,7-12H2,1-2H3;1-4,10H,5-8H2. The van der Waals surface area contributed by atoms with Crippen molar-refractivity contribution in [1.82, 2.24) is 0 Å². The molecule has 3 saturated heterocycles. The minimum absolute atomic E-state index is 0.124. The van der Waals surface area contributed by atoms with Crippen molar-refractivity contribution < 1.29 is 18.8 Å². The summed E-state index contributed by atoms with van der Waals surface area (Å²) in [6, 6.07) is 17.4. The van der Waals surface area contributed by atoms with Gasteiger partial charge in [0, 0.05) is 49.5 Å². The van der Waals surface area contributed by atoms with E-state index >= 15 is 0 Å². The predicted octanol–water partition coefficient (Wildman–Crippen LogP) is 5.69. The zero-order chi connectivity index (χ0) is 23.1. The van der Waals surface area contributed by atoms with Crippen LogP contribution in [0.5, 0.6) is 0 Å². The fourth-order valence-electron chi connectivity index (χ4n) is 4.61. The summed E-state index contributed by atoms with van der Waals surface area (Å²) in [5, 5.41) is 0. The number of rotatable bonds is 3. The number of benzene rings is 2. The molecule has 0 saturated carbocycles. The Morgan fingerprint density at radius 3 is 1.58 bits per heavy atom. The molecule has 2 aromatic rings. The molecule has 4 nitrogen and oxygen atoms in total. The highest BCUT2D eigenvalue weighted by atomic mass is 79.9. The number of ether oxygens (including phenoxy) is 2. The summed E-state index contributed by atoms with van der Waals surface area (Å²) in [5.74, 6) is 1.35. The van der Waals surface area contributed by atoms with Gasteiger partial charge in [-0.1, -0.05) is 66.2 Å². The molecule has 5 rings (SSSR count). The van der Waals surface area contributed by atoms with Gasteiger partial charge in [-0.3, -0.25) is 0 Å². The fourth-order valence-corrected chi connectivity index (χ4v) is 4.87. The van der Waals surface area contributed by atoms with Crippen molar-refractivity contribution >= 4 is 28.5 Å². The lowest BCUT2D eigenvalue weighted by molar-refractivity contribution is 0.0343. The van der Waals surface area contributed by atoms with Gasteiger partial charge >= 0.3 is 7.12 Å². The summed E-state index contributed by atoms with van der Waals surface area (Å²) in [6.07, 6.45) is 4.59. The van der Waals surface area contributed by atoms with E-state index in [4.69, 9.17) is 18.8 Å².